The summed E-state index contributed by atoms with van der Waals surface area (Å²) < 4.78 is 10.6. The van der Waals surface area contributed by atoms with Crippen molar-refractivity contribution in [2.75, 3.05) is 31.1 Å². The number of anilines is 1. The van der Waals surface area contributed by atoms with Crippen molar-refractivity contribution in [3.63, 3.8) is 0 Å². The number of hydrogen-bond acceptors (Lipinski definition) is 8. The predicted molar refractivity (Wildman–Crippen MR) is 98.2 cm³/mol. The lowest BCUT2D eigenvalue weighted by atomic mass is 10.1. The quantitative estimate of drug-likeness (QED) is 0.745. The van der Waals surface area contributed by atoms with Crippen molar-refractivity contribution in [1.82, 2.24) is 25.0 Å². The van der Waals surface area contributed by atoms with E-state index in [1.807, 2.05) is 19.9 Å². The van der Waals surface area contributed by atoms with Gasteiger partial charge in [-0.1, -0.05) is 12.1 Å². The number of rotatable bonds is 7. The van der Waals surface area contributed by atoms with Gasteiger partial charge in [-0.2, -0.15) is 4.98 Å². The molecule has 142 valence electrons. The van der Waals surface area contributed by atoms with Crippen LogP contribution in [0.1, 0.15) is 44.8 Å². The molecule has 0 saturated carbocycles. The molecule has 2 aromatic rings. The Kier molecular flexibility index (Phi) is 6.38. The summed E-state index contributed by atoms with van der Waals surface area (Å²) >= 11 is 0. The normalized spacial score (nSPS) is 18.2. The molecule has 0 bridgehead atoms. The number of aromatic nitrogens is 4. The van der Waals surface area contributed by atoms with E-state index in [1.54, 1.807) is 6.33 Å². The van der Waals surface area contributed by atoms with Crippen LogP contribution in [-0.4, -0.2) is 57.3 Å². The van der Waals surface area contributed by atoms with Gasteiger partial charge in [-0.05, 0) is 32.7 Å². The number of ether oxygens (including phenoxy) is 1. The monoisotopic (exact) mass is 360 g/mol. The Labute approximate surface area is 154 Å². The van der Waals surface area contributed by atoms with Gasteiger partial charge in [0.25, 0.3) is 0 Å². The molecule has 0 aromatic carbocycles. The minimum absolute atomic E-state index is 0.511. The van der Waals surface area contributed by atoms with Gasteiger partial charge in [0.2, 0.25) is 11.8 Å². The molecule has 3 rings (SSSR count). The molecule has 0 N–H and O–H groups in total. The Morgan fingerprint density at radius 3 is 2.88 bits per heavy atom. The van der Waals surface area contributed by atoms with Gasteiger partial charge in [-0.15, -0.1) is 0 Å². The zero-order valence-electron chi connectivity index (χ0n) is 15.9. The van der Waals surface area contributed by atoms with Crippen LogP contribution in [0, 0.1) is 6.92 Å². The second-order valence-electron chi connectivity index (χ2n) is 6.51. The van der Waals surface area contributed by atoms with Crippen molar-refractivity contribution in [1.29, 1.82) is 0 Å². The highest BCUT2D eigenvalue weighted by atomic mass is 16.5. The molecule has 2 aromatic heterocycles. The Bertz CT molecular complexity index is 692. The lowest BCUT2D eigenvalue weighted by Crippen LogP contribution is -2.36. The summed E-state index contributed by atoms with van der Waals surface area (Å²) in [5.74, 6) is 2.97. The highest BCUT2D eigenvalue weighted by Crippen LogP contribution is 2.23. The third-order valence-electron chi connectivity index (χ3n) is 4.78. The van der Waals surface area contributed by atoms with E-state index in [9.17, 15) is 0 Å². The summed E-state index contributed by atoms with van der Waals surface area (Å²) in [6.45, 7) is 10.3. The third kappa shape index (κ3) is 4.69. The zero-order chi connectivity index (χ0) is 18.4. The standard InChI is InChI=1S/C18H28N6O2/c1-4-23(12-16-21-14(3)26-22-16)15-7-6-9-24(10-8-15)17-11-18(25-5-2)20-13-19-17/h11,13,15H,4-10,12H2,1-3H3. The SMILES string of the molecule is CCOc1cc(N2CCCC(N(CC)Cc3noc(C)n3)CC2)ncn1. The maximum atomic E-state index is 5.50. The van der Waals surface area contributed by atoms with Gasteiger partial charge in [0.1, 0.15) is 12.1 Å². The van der Waals surface area contributed by atoms with Crippen LogP contribution in [0.5, 0.6) is 5.88 Å². The van der Waals surface area contributed by atoms with Crippen LogP contribution in [0.4, 0.5) is 5.82 Å². The van der Waals surface area contributed by atoms with Crippen LogP contribution in [0.25, 0.3) is 0 Å². The van der Waals surface area contributed by atoms with Crippen molar-refractivity contribution in [2.45, 2.75) is 52.6 Å². The summed E-state index contributed by atoms with van der Waals surface area (Å²) in [4.78, 5) is 17.7. The topological polar surface area (TPSA) is 80.4 Å². The van der Waals surface area contributed by atoms with Crippen molar-refractivity contribution < 1.29 is 9.26 Å². The van der Waals surface area contributed by atoms with E-state index in [4.69, 9.17) is 9.26 Å². The van der Waals surface area contributed by atoms with Crippen LogP contribution in [0.15, 0.2) is 16.9 Å². The van der Waals surface area contributed by atoms with Gasteiger partial charge in [0.15, 0.2) is 5.82 Å². The molecule has 1 atom stereocenters. The molecule has 1 aliphatic rings. The summed E-state index contributed by atoms with van der Waals surface area (Å²) in [6, 6.07) is 2.45. The van der Waals surface area contributed by atoms with Crippen LogP contribution < -0.4 is 9.64 Å². The van der Waals surface area contributed by atoms with Gasteiger partial charge >= 0.3 is 0 Å². The molecule has 1 fully saturated rings. The average molecular weight is 360 g/mol. The minimum Gasteiger partial charge on any atom is -0.478 e. The van der Waals surface area contributed by atoms with E-state index in [2.05, 4.69) is 36.8 Å². The summed E-state index contributed by atoms with van der Waals surface area (Å²) in [7, 11) is 0. The highest BCUT2D eigenvalue weighted by molar-refractivity contribution is 5.40. The van der Waals surface area contributed by atoms with E-state index in [-0.39, 0.29) is 0 Å². The van der Waals surface area contributed by atoms with Crippen LogP contribution in [0.3, 0.4) is 0 Å². The smallest absolute Gasteiger partial charge is 0.223 e. The molecule has 0 aliphatic carbocycles. The van der Waals surface area contributed by atoms with E-state index >= 15 is 0 Å². The first-order valence-corrected chi connectivity index (χ1v) is 9.42. The lowest BCUT2D eigenvalue weighted by Gasteiger charge is -2.29. The van der Waals surface area contributed by atoms with Crippen molar-refractivity contribution in [3.8, 4) is 5.88 Å². The van der Waals surface area contributed by atoms with Crippen molar-refractivity contribution >= 4 is 5.82 Å². The molecular formula is C18H28N6O2. The number of aryl methyl sites for hydroxylation is 1. The average Bonchev–Trinajstić information content (AvgIpc) is 2.91. The van der Waals surface area contributed by atoms with Gasteiger partial charge in [0.05, 0.1) is 13.2 Å². The van der Waals surface area contributed by atoms with Crippen LogP contribution in [-0.2, 0) is 6.54 Å². The molecule has 8 heteroatoms. The van der Waals surface area contributed by atoms with Gasteiger partial charge in [-0.3, -0.25) is 4.90 Å². The molecule has 0 radical (unpaired) electrons. The highest BCUT2D eigenvalue weighted by Gasteiger charge is 2.24. The molecule has 0 spiro atoms. The first-order chi connectivity index (χ1) is 12.7. The van der Waals surface area contributed by atoms with Crippen LogP contribution in [0.2, 0.25) is 0 Å². The van der Waals surface area contributed by atoms with Gasteiger partial charge in [0, 0.05) is 32.1 Å². The zero-order valence-corrected chi connectivity index (χ0v) is 15.9. The molecule has 1 saturated heterocycles. The van der Waals surface area contributed by atoms with Crippen molar-refractivity contribution in [3.05, 3.63) is 24.1 Å². The van der Waals surface area contributed by atoms with Gasteiger partial charge in [-0.25, -0.2) is 9.97 Å². The molecule has 0 amide bonds. The maximum Gasteiger partial charge on any atom is 0.223 e. The predicted octanol–water partition coefficient (Wildman–Crippen LogP) is 2.45. The molecule has 8 nitrogen and oxygen atoms in total. The fourth-order valence-electron chi connectivity index (χ4n) is 3.49. The summed E-state index contributed by atoms with van der Waals surface area (Å²) in [5, 5.41) is 4.04. The molecular weight excluding hydrogens is 332 g/mol. The first kappa shape index (κ1) is 18.6. The fourth-order valence-corrected chi connectivity index (χ4v) is 3.49. The Balaban J connectivity index is 1.62. The Morgan fingerprint density at radius 1 is 1.27 bits per heavy atom. The van der Waals surface area contributed by atoms with E-state index in [0.717, 1.165) is 57.1 Å². The first-order valence-electron chi connectivity index (χ1n) is 9.42. The second-order valence-corrected chi connectivity index (χ2v) is 6.51. The van der Waals surface area contributed by atoms with Gasteiger partial charge < -0.3 is 14.2 Å². The Hall–Kier alpha value is -2.22. The molecule has 3 heterocycles. The summed E-state index contributed by atoms with van der Waals surface area (Å²) in [6.07, 6.45) is 4.95. The number of nitrogens with zero attached hydrogens (tertiary/aromatic N) is 6. The second kappa shape index (κ2) is 8.93. The van der Waals surface area contributed by atoms with E-state index in [0.29, 0.717) is 24.4 Å². The fraction of sp³-hybridized carbons (Fsp3) is 0.667. The summed E-state index contributed by atoms with van der Waals surface area (Å²) in [5.41, 5.74) is 0. The minimum atomic E-state index is 0.511. The molecule has 1 aliphatic heterocycles. The van der Waals surface area contributed by atoms with E-state index in [1.165, 1.54) is 0 Å². The van der Waals surface area contributed by atoms with Crippen LogP contribution >= 0.6 is 0 Å². The van der Waals surface area contributed by atoms with E-state index < -0.39 is 0 Å². The molecule has 26 heavy (non-hydrogen) atoms. The maximum absolute atomic E-state index is 5.50. The van der Waals surface area contributed by atoms with Crippen molar-refractivity contribution in [2.24, 2.45) is 0 Å². The lowest BCUT2D eigenvalue weighted by molar-refractivity contribution is 0.176. The molecule has 1 unspecified atom stereocenters. The third-order valence-corrected chi connectivity index (χ3v) is 4.78. The largest absolute Gasteiger partial charge is 0.478 e. The Morgan fingerprint density at radius 2 is 2.15 bits per heavy atom. The number of hydrogen-bond donors (Lipinski definition) is 0.